The summed E-state index contributed by atoms with van der Waals surface area (Å²) in [5.41, 5.74) is 2.94. The van der Waals surface area contributed by atoms with Crippen LogP contribution in [0, 0.1) is 12.3 Å². The van der Waals surface area contributed by atoms with Crippen LogP contribution in [0.3, 0.4) is 0 Å². The van der Waals surface area contributed by atoms with E-state index in [9.17, 15) is 4.79 Å². The van der Waals surface area contributed by atoms with Gasteiger partial charge in [-0.2, -0.15) is 5.10 Å². The summed E-state index contributed by atoms with van der Waals surface area (Å²) in [6, 6.07) is 3.30. The van der Waals surface area contributed by atoms with Gasteiger partial charge in [-0.05, 0) is 17.7 Å². The van der Waals surface area contributed by atoms with Gasteiger partial charge in [0.05, 0.1) is 18.3 Å². The number of nitrogens with zero attached hydrogens (tertiary/aromatic N) is 1. The standard InChI is InChI=1S/C13H13ClN2O3/c1-4-5-19-13-11(14)6-10(7-12(13)18-3)8-15-16-9(2)17/h1,6-8H,5H2,2-3H3,(H,16,17)/b15-8-. The number of ether oxygens (including phenoxy) is 2. The van der Waals surface area contributed by atoms with E-state index in [1.54, 1.807) is 12.1 Å². The molecule has 100 valence electrons. The minimum atomic E-state index is -0.261. The van der Waals surface area contributed by atoms with Gasteiger partial charge < -0.3 is 9.47 Å². The maximum absolute atomic E-state index is 10.7. The Hall–Kier alpha value is -2.19. The number of halogens is 1. The first-order valence-corrected chi connectivity index (χ1v) is 5.69. The zero-order valence-electron chi connectivity index (χ0n) is 10.6. The van der Waals surface area contributed by atoms with Crippen LogP contribution in [0.15, 0.2) is 17.2 Å². The van der Waals surface area contributed by atoms with Gasteiger partial charge in [0.2, 0.25) is 5.91 Å². The van der Waals surface area contributed by atoms with E-state index in [2.05, 4.69) is 16.4 Å². The Bertz CT molecular complexity index is 535. The fourth-order valence-corrected chi connectivity index (χ4v) is 1.54. The zero-order valence-corrected chi connectivity index (χ0v) is 11.3. The number of benzene rings is 1. The topological polar surface area (TPSA) is 59.9 Å². The molecule has 0 aliphatic rings. The Kier molecular flexibility index (Phi) is 5.71. The lowest BCUT2D eigenvalue weighted by atomic mass is 10.2. The molecule has 0 aliphatic carbocycles. The van der Waals surface area contributed by atoms with Crippen molar-refractivity contribution in [2.24, 2.45) is 5.10 Å². The van der Waals surface area contributed by atoms with E-state index in [0.717, 1.165) is 0 Å². The van der Waals surface area contributed by atoms with Gasteiger partial charge in [0, 0.05) is 6.92 Å². The Balaban J connectivity index is 2.99. The number of hydrogen-bond acceptors (Lipinski definition) is 4. The molecule has 1 amide bonds. The van der Waals surface area contributed by atoms with E-state index < -0.39 is 0 Å². The molecule has 1 rings (SSSR count). The van der Waals surface area contributed by atoms with Crippen LogP contribution in [-0.4, -0.2) is 25.8 Å². The summed E-state index contributed by atoms with van der Waals surface area (Å²) in [6.45, 7) is 1.46. The summed E-state index contributed by atoms with van der Waals surface area (Å²) in [4.78, 5) is 10.7. The lowest BCUT2D eigenvalue weighted by Gasteiger charge is -2.11. The summed E-state index contributed by atoms with van der Waals surface area (Å²) < 4.78 is 10.5. The Morgan fingerprint density at radius 3 is 2.95 bits per heavy atom. The van der Waals surface area contributed by atoms with E-state index in [4.69, 9.17) is 27.5 Å². The lowest BCUT2D eigenvalue weighted by molar-refractivity contribution is -0.118. The first-order chi connectivity index (χ1) is 9.08. The van der Waals surface area contributed by atoms with Crippen LogP contribution in [0.2, 0.25) is 5.02 Å². The average molecular weight is 281 g/mol. The molecule has 0 heterocycles. The molecular formula is C13H13ClN2O3. The van der Waals surface area contributed by atoms with Crippen molar-refractivity contribution in [3.05, 3.63) is 22.7 Å². The second-order valence-corrected chi connectivity index (χ2v) is 3.86. The predicted octanol–water partition coefficient (Wildman–Crippen LogP) is 1.83. The lowest BCUT2D eigenvalue weighted by Crippen LogP contribution is -2.12. The van der Waals surface area contributed by atoms with Crippen LogP contribution in [0.1, 0.15) is 12.5 Å². The predicted molar refractivity (Wildman–Crippen MR) is 73.7 cm³/mol. The molecule has 1 aromatic rings. The molecule has 0 atom stereocenters. The molecule has 0 spiro atoms. The van der Waals surface area contributed by atoms with Crippen molar-refractivity contribution < 1.29 is 14.3 Å². The fraction of sp³-hybridized carbons (Fsp3) is 0.231. The van der Waals surface area contributed by atoms with E-state index >= 15 is 0 Å². The molecule has 1 N–H and O–H groups in total. The number of methoxy groups -OCH3 is 1. The quantitative estimate of drug-likeness (QED) is 0.508. The average Bonchev–Trinajstić information content (AvgIpc) is 2.36. The summed E-state index contributed by atoms with van der Waals surface area (Å²) in [7, 11) is 1.49. The zero-order chi connectivity index (χ0) is 14.3. The summed E-state index contributed by atoms with van der Waals surface area (Å²) in [5.74, 6) is 2.90. The Morgan fingerprint density at radius 1 is 1.63 bits per heavy atom. The minimum absolute atomic E-state index is 0.0927. The van der Waals surface area contributed by atoms with Crippen LogP contribution in [0.25, 0.3) is 0 Å². The van der Waals surface area contributed by atoms with Gasteiger partial charge in [0.15, 0.2) is 11.5 Å². The molecule has 0 unspecified atom stereocenters. The van der Waals surface area contributed by atoms with Crippen molar-refractivity contribution in [1.29, 1.82) is 0 Å². The van der Waals surface area contributed by atoms with Gasteiger partial charge in [-0.15, -0.1) is 6.42 Å². The third kappa shape index (κ3) is 4.53. The molecule has 6 heteroatoms. The molecule has 0 aliphatic heterocycles. The number of hydrazone groups is 1. The van der Waals surface area contributed by atoms with Crippen LogP contribution in [-0.2, 0) is 4.79 Å². The fourth-order valence-electron chi connectivity index (χ4n) is 1.27. The number of terminal acetylenes is 1. The van der Waals surface area contributed by atoms with E-state index in [0.29, 0.717) is 22.1 Å². The third-order valence-corrected chi connectivity index (χ3v) is 2.27. The Morgan fingerprint density at radius 2 is 2.37 bits per heavy atom. The van der Waals surface area contributed by atoms with Gasteiger partial charge in [0.1, 0.15) is 6.61 Å². The molecule has 0 aromatic heterocycles. The van der Waals surface area contributed by atoms with Crippen molar-refractivity contribution in [2.45, 2.75) is 6.92 Å². The molecule has 19 heavy (non-hydrogen) atoms. The van der Waals surface area contributed by atoms with Gasteiger partial charge in [-0.3, -0.25) is 4.79 Å². The highest BCUT2D eigenvalue weighted by Gasteiger charge is 2.11. The number of carbonyl (C=O) groups excluding carboxylic acids is 1. The SMILES string of the molecule is C#CCOc1c(Cl)cc(/C=N\NC(C)=O)cc1OC. The smallest absolute Gasteiger partial charge is 0.236 e. The number of rotatable bonds is 5. The van der Waals surface area contributed by atoms with Crippen molar-refractivity contribution in [3.8, 4) is 23.8 Å². The molecule has 0 fully saturated rings. The van der Waals surface area contributed by atoms with Crippen LogP contribution in [0.4, 0.5) is 0 Å². The highest BCUT2D eigenvalue weighted by molar-refractivity contribution is 6.32. The van der Waals surface area contributed by atoms with Gasteiger partial charge in [0.25, 0.3) is 0 Å². The van der Waals surface area contributed by atoms with Crippen molar-refractivity contribution >= 4 is 23.7 Å². The van der Waals surface area contributed by atoms with Crippen molar-refractivity contribution in [2.75, 3.05) is 13.7 Å². The highest BCUT2D eigenvalue weighted by Crippen LogP contribution is 2.35. The molecule has 0 bridgehead atoms. The number of nitrogens with one attached hydrogen (secondary N) is 1. The van der Waals surface area contributed by atoms with E-state index in [1.807, 2.05) is 0 Å². The van der Waals surface area contributed by atoms with E-state index in [-0.39, 0.29) is 12.5 Å². The monoisotopic (exact) mass is 280 g/mol. The van der Waals surface area contributed by atoms with Crippen LogP contribution in [0.5, 0.6) is 11.5 Å². The normalized spacial score (nSPS) is 10.0. The maximum atomic E-state index is 10.7. The van der Waals surface area contributed by atoms with Crippen LogP contribution >= 0.6 is 11.6 Å². The highest BCUT2D eigenvalue weighted by atomic mass is 35.5. The third-order valence-electron chi connectivity index (χ3n) is 1.99. The number of carbonyl (C=O) groups is 1. The van der Waals surface area contributed by atoms with Crippen molar-refractivity contribution in [3.63, 3.8) is 0 Å². The second kappa shape index (κ2) is 7.29. The summed E-state index contributed by atoms with van der Waals surface area (Å²) >= 11 is 6.07. The molecular weight excluding hydrogens is 268 g/mol. The second-order valence-electron chi connectivity index (χ2n) is 3.45. The van der Waals surface area contributed by atoms with Gasteiger partial charge >= 0.3 is 0 Å². The number of hydrogen-bond donors (Lipinski definition) is 1. The molecule has 0 saturated heterocycles. The van der Waals surface area contributed by atoms with E-state index in [1.165, 1.54) is 20.2 Å². The van der Waals surface area contributed by atoms with Crippen LogP contribution < -0.4 is 14.9 Å². The molecule has 0 saturated carbocycles. The first-order valence-electron chi connectivity index (χ1n) is 5.32. The number of amides is 1. The maximum Gasteiger partial charge on any atom is 0.236 e. The van der Waals surface area contributed by atoms with Crippen molar-refractivity contribution in [1.82, 2.24) is 5.43 Å². The summed E-state index contributed by atoms with van der Waals surface area (Å²) in [5, 5.41) is 4.08. The Labute approximate surface area is 116 Å². The molecule has 1 aromatic carbocycles. The largest absolute Gasteiger partial charge is 0.493 e. The molecule has 0 radical (unpaired) electrons. The molecule has 5 nitrogen and oxygen atoms in total. The summed E-state index contributed by atoms with van der Waals surface area (Å²) in [6.07, 6.45) is 6.57. The van der Waals surface area contributed by atoms with Gasteiger partial charge in [-0.25, -0.2) is 5.43 Å². The minimum Gasteiger partial charge on any atom is -0.493 e. The first kappa shape index (κ1) is 14.9. The van der Waals surface area contributed by atoms with Gasteiger partial charge in [-0.1, -0.05) is 17.5 Å².